The van der Waals surface area contributed by atoms with E-state index in [1.807, 2.05) is 6.92 Å². The molecule has 1 N–H and O–H groups in total. The van der Waals surface area contributed by atoms with E-state index in [0.29, 0.717) is 32.7 Å². The second kappa shape index (κ2) is 6.23. The maximum Gasteiger partial charge on any atom is 0.326 e. The molecule has 6 heteroatoms. The first-order valence-electron chi connectivity index (χ1n) is 7.03. The van der Waals surface area contributed by atoms with Crippen molar-refractivity contribution in [2.75, 3.05) is 26.2 Å². The van der Waals surface area contributed by atoms with Crippen LogP contribution in [0.25, 0.3) is 0 Å². The second-order valence-electron chi connectivity index (χ2n) is 5.17. The van der Waals surface area contributed by atoms with Gasteiger partial charge in [0.05, 0.1) is 6.10 Å². The number of hydrogen-bond donors (Lipinski definition) is 1. The molecule has 0 saturated carbocycles. The standard InChI is InChI=1S/C13H22N2O4/c1-2-10-9-14(6-4-8-19-10)13(18)15-7-3-5-11(15)12(16)17/h10-11H,2-9H2,1H3,(H,16,17). The summed E-state index contributed by atoms with van der Waals surface area (Å²) >= 11 is 0. The molecule has 2 heterocycles. The molecule has 2 atom stereocenters. The first kappa shape index (κ1) is 14.1. The zero-order chi connectivity index (χ0) is 13.8. The van der Waals surface area contributed by atoms with Crippen LogP contribution in [0.15, 0.2) is 0 Å². The van der Waals surface area contributed by atoms with E-state index in [1.54, 1.807) is 4.90 Å². The highest BCUT2D eigenvalue weighted by Gasteiger charge is 2.36. The van der Waals surface area contributed by atoms with Crippen LogP contribution in [0.4, 0.5) is 4.79 Å². The lowest BCUT2D eigenvalue weighted by Crippen LogP contribution is -2.49. The first-order chi connectivity index (χ1) is 9.13. The number of likely N-dealkylation sites (tertiary alicyclic amines) is 1. The van der Waals surface area contributed by atoms with E-state index in [2.05, 4.69) is 0 Å². The van der Waals surface area contributed by atoms with Crippen LogP contribution in [0.1, 0.15) is 32.6 Å². The van der Waals surface area contributed by atoms with Crippen LogP contribution < -0.4 is 0 Å². The second-order valence-corrected chi connectivity index (χ2v) is 5.17. The lowest BCUT2D eigenvalue weighted by atomic mass is 10.2. The fraction of sp³-hybridized carbons (Fsp3) is 0.846. The van der Waals surface area contributed by atoms with Gasteiger partial charge < -0.3 is 19.6 Å². The summed E-state index contributed by atoms with van der Waals surface area (Å²) in [6.07, 6.45) is 3.07. The summed E-state index contributed by atoms with van der Waals surface area (Å²) < 4.78 is 5.64. The molecule has 2 aliphatic rings. The van der Waals surface area contributed by atoms with Crippen molar-refractivity contribution < 1.29 is 19.4 Å². The predicted octanol–water partition coefficient (Wildman–Crippen LogP) is 1.16. The highest BCUT2D eigenvalue weighted by molar-refractivity contribution is 5.83. The molecular formula is C13H22N2O4. The zero-order valence-corrected chi connectivity index (χ0v) is 11.4. The van der Waals surface area contributed by atoms with E-state index < -0.39 is 12.0 Å². The molecular weight excluding hydrogens is 248 g/mol. The maximum atomic E-state index is 12.5. The number of nitrogens with zero attached hydrogens (tertiary/aromatic N) is 2. The molecule has 6 nitrogen and oxygen atoms in total. The van der Waals surface area contributed by atoms with Crippen LogP contribution >= 0.6 is 0 Å². The Labute approximate surface area is 113 Å². The summed E-state index contributed by atoms with van der Waals surface area (Å²) in [5.74, 6) is -0.899. The summed E-state index contributed by atoms with van der Waals surface area (Å²) in [4.78, 5) is 26.9. The third-order valence-corrected chi connectivity index (χ3v) is 3.86. The molecule has 0 aliphatic carbocycles. The number of urea groups is 1. The molecule has 2 fully saturated rings. The van der Waals surface area contributed by atoms with Crippen molar-refractivity contribution in [1.29, 1.82) is 0 Å². The van der Waals surface area contributed by atoms with Crippen molar-refractivity contribution >= 4 is 12.0 Å². The molecule has 0 bridgehead atoms. The van der Waals surface area contributed by atoms with Crippen molar-refractivity contribution in [3.8, 4) is 0 Å². The number of hydrogen-bond acceptors (Lipinski definition) is 3. The van der Waals surface area contributed by atoms with Crippen molar-refractivity contribution in [2.24, 2.45) is 0 Å². The van der Waals surface area contributed by atoms with Gasteiger partial charge in [0.15, 0.2) is 0 Å². The van der Waals surface area contributed by atoms with Crippen molar-refractivity contribution in [3.05, 3.63) is 0 Å². The molecule has 2 aliphatic heterocycles. The number of carboxylic acid groups (broad SMARTS) is 1. The van der Waals surface area contributed by atoms with Crippen molar-refractivity contribution in [2.45, 2.75) is 44.8 Å². The van der Waals surface area contributed by atoms with Crippen LogP contribution in [0.5, 0.6) is 0 Å². The Kier molecular flexibility index (Phi) is 4.63. The van der Waals surface area contributed by atoms with Crippen LogP contribution in [0, 0.1) is 0 Å². The number of ether oxygens (including phenoxy) is 1. The van der Waals surface area contributed by atoms with Gasteiger partial charge in [0.1, 0.15) is 6.04 Å². The van der Waals surface area contributed by atoms with Crippen molar-refractivity contribution in [3.63, 3.8) is 0 Å². The number of rotatable bonds is 2. The monoisotopic (exact) mass is 270 g/mol. The maximum absolute atomic E-state index is 12.5. The molecule has 2 amide bonds. The van der Waals surface area contributed by atoms with Gasteiger partial charge >= 0.3 is 12.0 Å². The Morgan fingerprint density at radius 2 is 2.11 bits per heavy atom. The average Bonchev–Trinajstić information content (AvgIpc) is 2.76. The summed E-state index contributed by atoms with van der Waals surface area (Å²) in [5, 5.41) is 9.15. The van der Waals surface area contributed by atoms with Crippen LogP contribution in [0.2, 0.25) is 0 Å². The lowest BCUT2D eigenvalue weighted by molar-refractivity contribution is -0.141. The minimum Gasteiger partial charge on any atom is -0.480 e. The van der Waals surface area contributed by atoms with Gasteiger partial charge in [-0.25, -0.2) is 9.59 Å². The van der Waals surface area contributed by atoms with E-state index >= 15 is 0 Å². The Morgan fingerprint density at radius 1 is 1.32 bits per heavy atom. The predicted molar refractivity (Wildman–Crippen MR) is 69.0 cm³/mol. The number of carbonyl (C=O) groups excluding carboxylic acids is 1. The number of aliphatic carboxylic acids is 1. The highest BCUT2D eigenvalue weighted by Crippen LogP contribution is 2.20. The molecule has 19 heavy (non-hydrogen) atoms. The first-order valence-corrected chi connectivity index (χ1v) is 7.03. The average molecular weight is 270 g/mol. The number of carboxylic acids is 1. The van der Waals surface area contributed by atoms with Gasteiger partial charge in [-0.1, -0.05) is 6.92 Å². The fourth-order valence-corrected chi connectivity index (χ4v) is 2.75. The van der Waals surface area contributed by atoms with E-state index in [4.69, 9.17) is 9.84 Å². The zero-order valence-electron chi connectivity index (χ0n) is 11.4. The molecule has 0 aromatic rings. The van der Waals surface area contributed by atoms with Gasteiger partial charge in [0.2, 0.25) is 0 Å². The van der Waals surface area contributed by atoms with Gasteiger partial charge in [-0.2, -0.15) is 0 Å². The van der Waals surface area contributed by atoms with E-state index in [-0.39, 0.29) is 12.1 Å². The molecule has 0 radical (unpaired) electrons. The number of carbonyl (C=O) groups is 2. The molecule has 2 rings (SSSR count). The molecule has 0 spiro atoms. The lowest BCUT2D eigenvalue weighted by Gasteiger charge is -2.30. The van der Waals surface area contributed by atoms with E-state index in [9.17, 15) is 9.59 Å². The molecule has 0 aromatic carbocycles. The third kappa shape index (κ3) is 3.18. The Hall–Kier alpha value is -1.30. The van der Waals surface area contributed by atoms with Gasteiger partial charge in [-0.3, -0.25) is 0 Å². The third-order valence-electron chi connectivity index (χ3n) is 3.86. The Morgan fingerprint density at radius 3 is 2.79 bits per heavy atom. The minimum atomic E-state index is -0.899. The number of amides is 2. The van der Waals surface area contributed by atoms with E-state index in [0.717, 1.165) is 19.3 Å². The highest BCUT2D eigenvalue weighted by atomic mass is 16.5. The molecule has 2 saturated heterocycles. The largest absolute Gasteiger partial charge is 0.480 e. The summed E-state index contributed by atoms with van der Waals surface area (Å²) in [7, 11) is 0. The Balaban J connectivity index is 2.03. The quantitative estimate of drug-likeness (QED) is 0.817. The summed E-state index contributed by atoms with van der Waals surface area (Å²) in [6, 6.07) is -0.800. The smallest absolute Gasteiger partial charge is 0.326 e. The SMILES string of the molecule is CCC1CN(C(=O)N2CCCC2C(=O)O)CCCO1. The van der Waals surface area contributed by atoms with Crippen molar-refractivity contribution in [1.82, 2.24) is 9.80 Å². The molecule has 0 aromatic heterocycles. The minimum absolute atomic E-state index is 0.0670. The normalized spacial score (nSPS) is 28.3. The Bertz CT molecular complexity index is 348. The van der Waals surface area contributed by atoms with Gasteiger partial charge in [0.25, 0.3) is 0 Å². The topological polar surface area (TPSA) is 70.1 Å². The van der Waals surface area contributed by atoms with Gasteiger partial charge in [-0.05, 0) is 25.7 Å². The van der Waals surface area contributed by atoms with E-state index in [1.165, 1.54) is 4.90 Å². The molecule has 2 unspecified atom stereocenters. The summed E-state index contributed by atoms with van der Waals surface area (Å²) in [6.45, 7) is 4.47. The van der Waals surface area contributed by atoms with Gasteiger partial charge in [-0.15, -0.1) is 0 Å². The van der Waals surface area contributed by atoms with Crippen LogP contribution in [-0.2, 0) is 9.53 Å². The summed E-state index contributed by atoms with van der Waals surface area (Å²) in [5.41, 5.74) is 0. The van der Waals surface area contributed by atoms with Crippen LogP contribution in [-0.4, -0.2) is 65.3 Å². The van der Waals surface area contributed by atoms with Gasteiger partial charge in [0, 0.05) is 26.2 Å². The van der Waals surface area contributed by atoms with Crippen LogP contribution in [0.3, 0.4) is 0 Å². The molecule has 108 valence electrons. The fourth-order valence-electron chi connectivity index (χ4n) is 2.75.